The molecule has 0 saturated carbocycles. The maximum Gasteiger partial charge on any atom is 0.286 e. The molecule has 2 rings (SSSR count). The van der Waals surface area contributed by atoms with Gasteiger partial charge >= 0.3 is 0 Å². The molecule has 1 aromatic rings. The number of hydrogen-bond acceptors (Lipinski definition) is 3. The van der Waals surface area contributed by atoms with Crippen molar-refractivity contribution in [3.05, 3.63) is 46.7 Å². The summed E-state index contributed by atoms with van der Waals surface area (Å²) < 4.78 is 5.24. The predicted octanol–water partition coefficient (Wildman–Crippen LogP) is 2.18. The number of aliphatic hydroxyl groups excluding tert-OH is 1. The second-order valence-corrected chi connectivity index (χ2v) is 4.77. The van der Waals surface area contributed by atoms with E-state index >= 15 is 0 Å². The summed E-state index contributed by atoms with van der Waals surface area (Å²) in [5, 5.41) is 13.2. The first-order chi connectivity index (χ1) is 9.16. The molecule has 0 saturated heterocycles. The zero-order chi connectivity index (χ0) is 13.7. The number of amides is 1. The van der Waals surface area contributed by atoms with E-state index in [4.69, 9.17) is 16.3 Å². The Hall–Kier alpha value is -1.52. The zero-order valence-electron chi connectivity index (χ0n) is 10.4. The van der Waals surface area contributed by atoms with E-state index in [1.807, 2.05) is 0 Å². The summed E-state index contributed by atoms with van der Waals surface area (Å²) in [6, 6.07) is 6.87. The van der Waals surface area contributed by atoms with E-state index in [0.29, 0.717) is 23.0 Å². The highest BCUT2D eigenvalue weighted by molar-refractivity contribution is 6.30. The first kappa shape index (κ1) is 13.9. The van der Waals surface area contributed by atoms with Gasteiger partial charge in [0.2, 0.25) is 0 Å². The van der Waals surface area contributed by atoms with Crippen LogP contribution >= 0.6 is 11.6 Å². The molecular weight excluding hydrogens is 266 g/mol. The molecule has 1 atom stereocenters. The average Bonchev–Trinajstić information content (AvgIpc) is 2.46. The third-order valence-electron chi connectivity index (χ3n) is 2.87. The number of carbonyl (C=O) groups excluding carboxylic acids is 1. The molecule has 0 spiro atoms. The Bertz CT molecular complexity index is 470. The molecule has 1 aliphatic rings. The maximum atomic E-state index is 11.8. The number of rotatable bonds is 4. The largest absolute Gasteiger partial charge is 0.488 e. The topological polar surface area (TPSA) is 58.6 Å². The zero-order valence-corrected chi connectivity index (χ0v) is 11.2. The normalized spacial score (nSPS) is 16.2. The van der Waals surface area contributed by atoms with Crippen molar-refractivity contribution in [2.75, 3.05) is 13.2 Å². The molecule has 1 aliphatic heterocycles. The van der Waals surface area contributed by atoms with Gasteiger partial charge in [-0.1, -0.05) is 23.7 Å². The molecule has 5 heteroatoms. The Morgan fingerprint density at radius 2 is 2.16 bits per heavy atom. The number of benzene rings is 1. The van der Waals surface area contributed by atoms with E-state index in [0.717, 1.165) is 12.8 Å². The summed E-state index contributed by atoms with van der Waals surface area (Å²) in [5.41, 5.74) is 0.711. The van der Waals surface area contributed by atoms with E-state index < -0.39 is 6.10 Å². The lowest BCUT2D eigenvalue weighted by Crippen LogP contribution is -2.31. The third kappa shape index (κ3) is 3.98. The second kappa shape index (κ2) is 6.59. The summed E-state index contributed by atoms with van der Waals surface area (Å²) in [5.74, 6) is 0.0577. The highest BCUT2D eigenvalue weighted by Gasteiger charge is 2.15. The maximum absolute atomic E-state index is 11.8. The smallest absolute Gasteiger partial charge is 0.286 e. The second-order valence-electron chi connectivity index (χ2n) is 4.34. The van der Waals surface area contributed by atoms with Crippen LogP contribution in [0.25, 0.3) is 0 Å². The van der Waals surface area contributed by atoms with E-state index in [9.17, 15) is 9.90 Å². The van der Waals surface area contributed by atoms with Gasteiger partial charge in [-0.25, -0.2) is 0 Å². The van der Waals surface area contributed by atoms with Crippen molar-refractivity contribution in [3.63, 3.8) is 0 Å². The first-order valence-corrected chi connectivity index (χ1v) is 6.59. The van der Waals surface area contributed by atoms with Gasteiger partial charge in [-0.2, -0.15) is 0 Å². The van der Waals surface area contributed by atoms with Crippen LogP contribution in [0.1, 0.15) is 24.5 Å². The van der Waals surface area contributed by atoms with E-state index in [1.54, 1.807) is 30.3 Å². The highest BCUT2D eigenvalue weighted by atomic mass is 35.5. The number of ether oxygens (including phenoxy) is 1. The Morgan fingerprint density at radius 3 is 2.79 bits per heavy atom. The van der Waals surface area contributed by atoms with Crippen molar-refractivity contribution in [1.29, 1.82) is 0 Å². The van der Waals surface area contributed by atoms with Crippen molar-refractivity contribution in [3.8, 4) is 0 Å². The van der Waals surface area contributed by atoms with Crippen LogP contribution in [0.2, 0.25) is 5.02 Å². The van der Waals surface area contributed by atoms with E-state index in [2.05, 4.69) is 5.32 Å². The fraction of sp³-hybridized carbons (Fsp3) is 0.357. The predicted molar refractivity (Wildman–Crippen MR) is 72.7 cm³/mol. The Morgan fingerprint density at radius 1 is 1.42 bits per heavy atom. The first-order valence-electron chi connectivity index (χ1n) is 6.21. The molecule has 0 aliphatic carbocycles. The lowest BCUT2D eigenvalue weighted by atomic mass is 10.1. The van der Waals surface area contributed by atoms with Crippen molar-refractivity contribution in [2.45, 2.75) is 18.9 Å². The standard InChI is InChI=1S/C14H16ClNO3/c15-11-6-4-10(5-7-11)12(17)9-16-14(18)13-3-1-2-8-19-13/h3-7,12,17H,1-2,8-9H2,(H,16,18). The summed E-state index contributed by atoms with van der Waals surface area (Å²) in [7, 11) is 0. The lowest BCUT2D eigenvalue weighted by molar-refractivity contribution is -0.121. The molecule has 0 bridgehead atoms. The van der Waals surface area contributed by atoms with Crippen molar-refractivity contribution >= 4 is 17.5 Å². The van der Waals surface area contributed by atoms with Gasteiger partial charge in [-0.05, 0) is 36.6 Å². The van der Waals surface area contributed by atoms with Crippen LogP contribution in [0.5, 0.6) is 0 Å². The molecule has 0 aromatic heterocycles. The SMILES string of the molecule is O=C(NCC(O)c1ccc(Cl)cc1)C1=CCCCO1. The van der Waals surface area contributed by atoms with E-state index in [-0.39, 0.29) is 12.5 Å². The van der Waals surface area contributed by atoms with Crippen LogP contribution in [0, 0.1) is 0 Å². The fourth-order valence-electron chi connectivity index (χ4n) is 1.80. The summed E-state index contributed by atoms with van der Waals surface area (Å²) in [6.45, 7) is 0.708. The molecule has 1 aromatic carbocycles. The van der Waals surface area contributed by atoms with Gasteiger partial charge in [0.25, 0.3) is 5.91 Å². The number of aliphatic hydroxyl groups is 1. The van der Waals surface area contributed by atoms with Gasteiger partial charge in [0.1, 0.15) is 0 Å². The minimum absolute atomic E-state index is 0.140. The van der Waals surface area contributed by atoms with Crippen LogP contribution < -0.4 is 5.32 Å². The van der Waals surface area contributed by atoms with Gasteiger partial charge < -0.3 is 15.2 Å². The van der Waals surface area contributed by atoms with Gasteiger partial charge in [-0.15, -0.1) is 0 Å². The van der Waals surface area contributed by atoms with Crippen molar-refractivity contribution in [2.24, 2.45) is 0 Å². The third-order valence-corrected chi connectivity index (χ3v) is 3.12. The summed E-state index contributed by atoms with van der Waals surface area (Å²) in [6.07, 6.45) is 2.80. The van der Waals surface area contributed by atoms with Crippen LogP contribution in [0.3, 0.4) is 0 Å². The van der Waals surface area contributed by atoms with Gasteiger partial charge in [0.15, 0.2) is 5.76 Å². The van der Waals surface area contributed by atoms with Crippen LogP contribution in [0.15, 0.2) is 36.1 Å². The molecule has 2 N–H and O–H groups in total. The van der Waals surface area contributed by atoms with Gasteiger partial charge in [0.05, 0.1) is 12.7 Å². The number of halogens is 1. The molecule has 0 fully saturated rings. The van der Waals surface area contributed by atoms with Crippen LogP contribution in [-0.2, 0) is 9.53 Å². The molecule has 19 heavy (non-hydrogen) atoms. The fourth-order valence-corrected chi connectivity index (χ4v) is 1.92. The molecule has 102 valence electrons. The number of allylic oxidation sites excluding steroid dienone is 1. The monoisotopic (exact) mass is 281 g/mol. The molecule has 4 nitrogen and oxygen atoms in total. The highest BCUT2D eigenvalue weighted by Crippen LogP contribution is 2.16. The number of carbonyl (C=O) groups is 1. The summed E-state index contributed by atoms with van der Waals surface area (Å²) >= 11 is 5.77. The molecule has 1 heterocycles. The van der Waals surface area contributed by atoms with E-state index in [1.165, 1.54) is 0 Å². The number of hydrogen-bond donors (Lipinski definition) is 2. The Kier molecular flexibility index (Phi) is 4.82. The number of nitrogens with one attached hydrogen (secondary N) is 1. The van der Waals surface area contributed by atoms with Gasteiger partial charge in [-0.3, -0.25) is 4.79 Å². The molecule has 1 amide bonds. The minimum atomic E-state index is -0.759. The van der Waals surface area contributed by atoms with Crippen LogP contribution in [0.4, 0.5) is 0 Å². The lowest BCUT2D eigenvalue weighted by Gasteiger charge is -2.16. The van der Waals surface area contributed by atoms with Crippen LogP contribution in [-0.4, -0.2) is 24.2 Å². The molecule has 1 unspecified atom stereocenters. The Labute approximate surface area is 117 Å². The molecular formula is C14H16ClNO3. The van der Waals surface area contributed by atoms with Crippen molar-refractivity contribution in [1.82, 2.24) is 5.32 Å². The minimum Gasteiger partial charge on any atom is -0.488 e. The average molecular weight is 282 g/mol. The quantitative estimate of drug-likeness (QED) is 0.889. The molecule has 0 radical (unpaired) electrons. The van der Waals surface area contributed by atoms with Gasteiger partial charge in [0, 0.05) is 11.6 Å². The van der Waals surface area contributed by atoms with Crippen molar-refractivity contribution < 1.29 is 14.6 Å². The Balaban J connectivity index is 1.86. The summed E-state index contributed by atoms with van der Waals surface area (Å²) in [4.78, 5) is 11.8.